The number of likely N-dealkylation sites (N-methyl/N-ethyl adjacent to an activating group) is 1. The van der Waals surface area contributed by atoms with E-state index in [4.69, 9.17) is 13.8 Å². The van der Waals surface area contributed by atoms with Crippen LogP contribution in [0.4, 0.5) is 0 Å². The SMILES string of the molecule is CCCC/C=C\CCCCCCCC(=O)OC(/C=C/CCCCCCCCCCCCC)C(COP(=O)(O)OCC[N+](C)(C)C)NC(=O)CCCCC/C=C\CCCCCCCC. The smallest absolute Gasteiger partial charge is 0.456 e. The number of nitrogens with one attached hydrogen (secondary N) is 1. The van der Waals surface area contributed by atoms with E-state index in [2.05, 4.69) is 50.4 Å². The Morgan fingerprint density at radius 2 is 0.937 bits per heavy atom. The summed E-state index contributed by atoms with van der Waals surface area (Å²) in [6, 6.07) is -0.854. The molecule has 0 aliphatic carbocycles. The molecule has 2 N–H and O–H groups in total. The highest BCUT2D eigenvalue weighted by Crippen LogP contribution is 2.43. The number of amides is 1. The number of esters is 1. The van der Waals surface area contributed by atoms with Crippen molar-refractivity contribution in [3.63, 3.8) is 0 Å². The molecule has 0 saturated heterocycles. The molecule has 370 valence electrons. The van der Waals surface area contributed by atoms with Crippen LogP contribution in [0.2, 0.25) is 0 Å². The van der Waals surface area contributed by atoms with Gasteiger partial charge in [0.25, 0.3) is 0 Å². The Kier molecular flexibility index (Phi) is 42.8. The minimum Gasteiger partial charge on any atom is -0.456 e. The lowest BCUT2D eigenvalue weighted by Crippen LogP contribution is -2.47. The molecule has 0 aromatic rings. The van der Waals surface area contributed by atoms with E-state index < -0.39 is 20.0 Å². The summed E-state index contributed by atoms with van der Waals surface area (Å²) < 4.78 is 30.5. The Hall–Kier alpha value is -1.77. The van der Waals surface area contributed by atoms with Crippen LogP contribution in [0.5, 0.6) is 0 Å². The number of ether oxygens (including phenoxy) is 1. The Bertz CT molecular complexity index is 1180. The van der Waals surface area contributed by atoms with Crippen LogP contribution in [0.25, 0.3) is 0 Å². The zero-order valence-electron chi connectivity index (χ0n) is 42.1. The van der Waals surface area contributed by atoms with Gasteiger partial charge in [0, 0.05) is 12.8 Å². The standard InChI is InChI=1S/C53H101N2O7P/c1-7-10-13-16-19-22-25-27-30-32-35-38-41-44-51(62-53(57)46-43-40-37-34-29-24-21-18-15-12-9-3)50(49-61-63(58,59)60-48-47-55(4,5)6)54-52(56)45-42-39-36-33-31-28-26-23-20-17-14-11-8-2/h18,21,28,31,41,44,50-51H,7-17,19-20,22-27,29-30,32-40,42-43,45-49H2,1-6H3,(H-,54,56,58,59)/p+1/b21-18-,31-28-,44-41+. The van der Waals surface area contributed by atoms with E-state index in [1.807, 2.05) is 33.3 Å². The van der Waals surface area contributed by atoms with Crippen molar-refractivity contribution in [1.82, 2.24) is 5.32 Å². The molecule has 0 aromatic carbocycles. The Morgan fingerprint density at radius 3 is 1.41 bits per heavy atom. The number of phosphoric acid groups is 1. The highest BCUT2D eigenvalue weighted by Gasteiger charge is 2.30. The quantitative estimate of drug-likeness (QED) is 0.0206. The molecule has 1 amide bonds. The number of quaternary nitrogens is 1. The lowest BCUT2D eigenvalue weighted by atomic mass is 10.0. The van der Waals surface area contributed by atoms with Gasteiger partial charge in [-0.05, 0) is 76.7 Å². The van der Waals surface area contributed by atoms with E-state index in [9.17, 15) is 19.0 Å². The Morgan fingerprint density at radius 1 is 0.540 bits per heavy atom. The molecular weight excluding hydrogens is 808 g/mol. The summed E-state index contributed by atoms with van der Waals surface area (Å²) in [5.74, 6) is -0.533. The average Bonchev–Trinajstić information content (AvgIpc) is 3.23. The van der Waals surface area contributed by atoms with Gasteiger partial charge in [0.2, 0.25) is 5.91 Å². The maximum absolute atomic E-state index is 13.4. The molecule has 0 radical (unpaired) electrons. The summed E-state index contributed by atoms with van der Waals surface area (Å²) >= 11 is 0. The topological polar surface area (TPSA) is 111 Å². The second kappa shape index (κ2) is 44.1. The molecule has 0 spiro atoms. The number of carbonyl (C=O) groups excluding carboxylic acids is 2. The fraction of sp³-hybridized carbons (Fsp3) is 0.849. The van der Waals surface area contributed by atoms with Gasteiger partial charge in [0.1, 0.15) is 19.3 Å². The molecule has 0 aromatic heterocycles. The van der Waals surface area contributed by atoms with Crippen molar-refractivity contribution in [3.8, 4) is 0 Å². The molecule has 0 fully saturated rings. The van der Waals surface area contributed by atoms with Gasteiger partial charge in [-0.2, -0.15) is 0 Å². The fourth-order valence-corrected chi connectivity index (χ4v) is 8.12. The third-order valence-electron chi connectivity index (χ3n) is 11.6. The van der Waals surface area contributed by atoms with Crippen molar-refractivity contribution < 1.29 is 37.3 Å². The number of rotatable bonds is 47. The van der Waals surface area contributed by atoms with Crippen LogP contribution in [0, 0.1) is 0 Å². The van der Waals surface area contributed by atoms with Gasteiger partial charge >= 0.3 is 13.8 Å². The van der Waals surface area contributed by atoms with Gasteiger partial charge < -0.3 is 19.4 Å². The number of hydrogen-bond donors (Lipinski definition) is 2. The van der Waals surface area contributed by atoms with Crippen LogP contribution in [0.3, 0.4) is 0 Å². The second-order valence-corrected chi connectivity index (χ2v) is 20.5. The number of hydrogen-bond acceptors (Lipinski definition) is 6. The summed E-state index contributed by atoms with van der Waals surface area (Å²) in [5, 5.41) is 3.02. The van der Waals surface area contributed by atoms with Gasteiger partial charge in [-0.25, -0.2) is 4.57 Å². The average molecular weight is 910 g/mol. The zero-order valence-corrected chi connectivity index (χ0v) is 43.0. The Labute approximate surface area is 389 Å². The maximum atomic E-state index is 13.4. The van der Waals surface area contributed by atoms with Crippen molar-refractivity contribution >= 4 is 19.7 Å². The fourth-order valence-electron chi connectivity index (χ4n) is 7.38. The third kappa shape index (κ3) is 45.2. The molecular formula is C53H102N2O7P+. The van der Waals surface area contributed by atoms with Crippen molar-refractivity contribution in [2.45, 2.75) is 251 Å². The van der Waals surface area contributed by atoms with E-state index >= 15 is 0 Å². The van der Waals surface area contributed by atoms with Crippen LogP contribution in [0.15, 0.2) is 36.5 Å². The molecule has 0 rings (SSSR count). The number of phosphoric ester groups is 1. The minimum atomic E-state index is -4.44. The van der Waals surface area contributed by atoms with Crippen LogP contribution in [0.1, 0.15) is 239 Å². The molecule has 3 atom stereocenters. The first-order chi connectivity index (χ1) is 30.4. The van der Waals surface area contributed by atoms with E-state index in [0.29, 0.717) is 17.4 Å². The van der Waals surface area contributed by atoms with Crippen LogP contribution in [-0.4, -0.2) is 74.3 Å². The second-order valence-electron chi connectivity index (χ2n) is 19.0. The van der Waals surface area contributed by atoms with Crippen molar-refractivity contribution in [2.75, 3.05) is 40.9 Å². The summed E-state index contributed by atoms with van der Waals surface area (Å²) in [6.45, 7) is 6.94. The van der Waals surface area contributed by atoms with Crippen molar-refractivity contribution in [2.24, 2.45) is 0 Å². The number of allylic oxidation sites excluding steroid dienone is 5. The first-order valence-electron chi connectivity index (χ1n) is 26.3. The zero-order chi connectivity index (χ0) is 46.5. The summed E-state index contributed by atoms with van der Waals surface area (Å²) in [7, 11) is 1.48. The third-order valence-corrected chi connectivity index (χ3v) is 12.5. The normalized spacial score (nSPS) is 14.2. The number of carbonyl (C=O) groups is 2. The predicted molar refractivity (Wildman–Crippen MR) is 268 cm³/mol. The Balaban J connectivity index is 5.47. The van der Waals surface area contributed by atoms with Crippen molar-refractivity contribution in [3.05, 3.63) is 36.5 Å². The lowest BCUT2D eigenvalue weighted by molar-refractivity contribution is -0.870. The van der Waals surface area contributed by atoms with Crippen LogP contribution >= 0.6 is 7.82 Å². The molecule has 9 nitrogen and oxygen atoms in total. The molecule has 0 bridgehead atoms. The van der Waals surface area contributed by atoms with Gasteiger partial charge in [0.05, 0.1) is 33.8 Å². The molecule has 0 aliphatic heterocycles. The number of unbranched alkanes of at least 4 members (excludes halogenated alkanes) is 27. The summed E-state index contributed by atoms with van der Waals surface area (Å²) in [4.78, 5) is 37.4. The van der Waals surface area contributed by atoms with E-state index in [-0.39, 0.29) is 31.5 Å². The maximum Gasteiger partial charge on any atom is 0.472 e. The molecule has 0 aliphatic rings. The van der Waals surface area contributed by atoms with E-state index in [0.717, 1.165) is 96.3 Å². The van der Waals surface area contributed by atoms with E-state index in [1.54, 1.807) is 0 Å². The highest BCUT2D eigenvalue weighted by atomic mass is 31.2. The van der Waals surface area contributed by atoms with Gasteiger partial charge in [0.15, 0.2) is 0 Å². The van der Waals surface area contributed by atoms with Crippen LogP contribution in [-0.2, 0) is 27.9 Å². The monoisotopic (exact) mass is 910 g/mol. The van der Waals surface area contributed by atoms with Gasteiger partial charge in [-0.1, -0.05) is 186 Å². The predicted octanol–water partition coefficient (Wildman–Crippen LogP) is 15.2. The molecule has 3 unspecified atom stereocenters. The molecule has 63 heavy (non-hydrogen) atoms. The summed E-state index contributed by atoms with van der Waals surface area (Å²) in [6.07, 6.45) is 49.9. The molecule has 0 heterocycles. The first-order valence-corrected chi connectivity index (χ1v) is 27.8. The van der Waals surface area contributed by atoms with Crippen molar-refractivity contribution in [1.29, 1.82) is 0 Å². The lowest BCUT2D eigenvalue weighted by Gasteiger charge is -2.27. The number of nitrogens with zero attached hydrogens (tertiary/aromatic N) is 1. The molecule has 10 heteroatoms. The molecule has 0 saturated carbocycles. The first kappa shape index (κ1) is 61.2. The summed E-state index contributed by atoms with van der Waals surface area (Å²) in [5.41, 5.74) is 0. The minimum absolute atomic E-state index is 0.0372. The van der Waals surface area contributed by atoms with Gasteiger partial charge in [-0.15, -0.1) is 0 Å². The van der Waals surface area contributed by atoms with E-state index in [1.165, 1.54) is 109 Å². The largest absolute Gasteiger partial charge is 0.472 e. The van der Waals surface area contributed by atoms with Gasteiger partial charge in [-0.3, -0.25) is 18.6 Å². The van der Waals surface area contributed by atoms with Crippen LogP contribution < -0.4 is 5.32 Å². The highest BCUT2D eigenvalue weighted by molar-refractivity contribution is 7.47.